The van der Waals surface area contributed by atoms with Crippen LogP contribution in [0.25, 0.3) is 0 Å². The molecule has 106 valence electrons. The Labute approximate surface area is 113 Å². The predicted octanol–water partition coefficient (Wildman–Crippen LogP) is 0.788. The van der Waals surface area contributed by atoms with E-state index < -0.39 is 0 Å². The molecule has 19 heavy (non-hydrogen) atoms. The van der Waals surface area contributed by atoms with E-state index in [2.05, 4.69) is 22.5 Å². The molecule has 0 aliphatic heterocycles. The number of nitrogens with two attached hydrogens (primary N) is 1. The first-order chi connectivity index (χ1) is 9.13. The Morgan fingerprint density at radius 3 is 2.84 bits per heavy atom. The van der Waals surface area contributed by atoms with E-state index in [-0.39, 0.29) is 5.91 Å². The molecule has 1 heterocycles. The molecule has 0 bridgehead atoms. The van der Waals surface area contributed by atoms with Crippen molar-refractivity contribution >= 4 is 5.91 Å². The number of hydrogen-bond acceptors (Lipinski definition) is 4. The number of hydrazine groups is 1. The van der Waals surface area contributed by atoms with Crippen molar-refractivity contribution in [3.05, 3.63) is 17.5 Å². The van der Waals surface area contributed by atoms with Crippen LogP contribution in [0.2, 0.25) is 0 Å². The molecule has 1 amide bonds. The van der Waals surface area contributed by atoms with E-state index in [4.69, 9.17) is 5.84 Å². The topological polar surface area (TPSA) is 76.2 Å². The lowest BCUT2D eigenvalue weighted by Crippen LogP contribution is -2.35. The molecule has 1 saturated carbocycles. The smallest absolute Gasteiger partial charge is 0.268 e. The Morgan fingerprint density at radius 2 is 2.21 bits per heavy atom. The molecule has 1 aromatic rings. The van der Waals surface area contributed by atoms with Gasteiger partial charge < -0.3 is 0 Å². The van der Waals surface area contributed by atoms with Crippen LogP contribution in [-0.2, 0) is 13.6 Å². The first kappa shape index (κ1) is 14.0. The fourth-order valence-corrected chi connectivity index (χ4v) is 2.80. The minimum Gasteiger partial charge on any atom is -0.298 e. The lowest BCUT2D eigenvalue weighted by molar-refractivity contribution is 0.0950. The van der Waals surface area contributed by atoms with Crippen molar-refractivity contribution in [2.75, 3.05) is 7.05 Å². The van der Waals surface area contributed by atoms with Crippen LogP contribution >= 0.6 is 0 Å². The van der Waals surface area contributed by atoms with Crippen LogP contribution in [0.3, 0.4) is 0 Å². The van der Waals surface area contributed by atoms with E-state index >= 15 is 0 Å². The van der Waals surface area contributed by atoms with E-state index in [1.807, 2.05) is 7.05 Å². The Hall–Kier alpha value is -1.40. The molecule has 1 aliphatic carbocycles. The number of aryl methyl sites for hydroxylation is 1. The van der Waals surface area contributed by atoms with Gasteiger partial charge in [-0.05, 0) is 19.9 Å². The van der Waals surface area contributed by atoms with Gasteiger partial charge in [-0.3, -0.25) is 19.8 Å². The highest BCUT2D eigenvalue weighted by atomic mass is 16.2. The highest BCUT2D eigenvalue weighted by Crippen LogP contribution is 2.23. The van der Waals surface area contributed by atoms with Gasteiger partial charge in [-0.25, -0.2) is 5.84 Å². The zero-order valence-electron chi connectivity index (χ0n) is 11.7. The van der Waals surface area contributed by atoms with E-state index in [9.17, 15) is 4.79 Å². The lowest BCUT2D eigenvalue weighted by Gasteiger charge is -2.31. The molecule has 0 spiro atoms. The molecular weight excluding hydrogens is 242 g/mol. The second-order valence-electron chi connectivity index (χ2n) is 5.31. The summed E-state index contributed by atoms with van der Waals surface area (Å²) >= 11 is 0. The predicted molar refractivity (Wildman–Crippen MR) is 73.2 cm³/mol. The average Bonchev–Trinajstić information content (AvgIpc) is 2.80. The number of carbonyl (C=O) groups excluding carboxylic acids is 1. The van der Waals surface area contributed by atoms with Gasteiger partial charge in [0, 0.05) is 19.6 Å². The maximum Gasteiger partial charge on any atom is 0.268 e. The lowest BCUT2D eigenvalue weighted by atomic mass is 9.94. The average molecular weight is 265 g/mol. The first-order valence-corrected chi connectivity index (χ1v) is 6.85. The second kappa shape index (κ2) is 6.16. The Bertz CT molecular complexity index is 436. The molecule has 0 aromatic carbocycles. The van der Waals surface area contributed by atoms with Crippen molar-refractivity contribution in [2.45, 2.75) is 44.7 Å². The number of nitrogens with zero attached hydrogens (tertiary/aromatic N) is 3. The van der Waals surface area contributed by atoms with Crippen LogP contribution in [0.15, 0.2) is 6.20 Å². The summed E-state index contributed by atoms with van der Waals surface area (Å²) in [6.45, 7) is 0.726. The third-order valence-electron chi connectivity index (χ3n) is 4.03. The largest absolute Gasteiger partial charge is 0.298 e. The highest BCUT2D eigenvalue weighted by Gasteiger charge is 2.22. The van der Waals surface area contributed by atoms with Crippen molar-refractivity contribution in [3.63, 3.8) is 0 Å². The number of rotatable bonds is 4. The van der Waals surface area contributed by atoms with Crippen molar-refractivity contribution in [2.24, 2.45) is 12.9 Å². The van der Waals surface area contributed by atoms with Gasteiger partial charge in [0.25, 0.3) is 5.91 Å². The van der Waals surface area contributed by atoms with Crippen molar-refractivity contribution < 1.29 is 4.79 Å². The van der Waals surface area contributed by atoms with Crippen LogP contribution in [0.1, 0.15) is 48.2 Å². The van der Waals surface area contributed by atoms with Crippen molar-refractivity contribution in [1.29, 1.82) is 0 Å². The zero-order valence-corrected chi connectivity index (χ0v) is 11.7. The number of carbonyl (C=O) groups is 1. The molecule has 0 radical (unpaired) electrons. The van der Waals surface area contributed by atoms with Gasteiger partial charge in [0.2, 0.25) is 0 Å². The third-order valence-corrected chi connectivity index (χ3v) is 4.03. The van der Waals surface area contributed by atoms with Crippen molar-refractivity contribution in [1.82, 2.24) is 20.1 Å². The van der Waals surface area contributed by atoms with Crippen molar-refractivity contribution in [3.8, 4) is 0 Å². The standard InChI is InChI=1S/C13H23N5O/c1-17(10-6-4-3-5-7-10)9-12-11(13(19)16-14)8-15-18(12)2/h8,10H,3-7,9,14H2,1-2H3,(H,16,19). The maximum atomic E-state index is 11.7. The minimum atomic E-state index is -0.278. The SMILES string of the molecule is CN(Cc1c(C(=O)NN)cnn1C)C1CCCCC1. The molecule has 1 aliphatic rings. The van der Waals surface area contributed by atoms with E-state index in [1.54, 1.807) is 10.9 Å². The summed E-state index contributed by atoms with van der Waals surface area (Å²) in [4.78, 5) is 14.0. The van der Waals surface area contributed by atoms with Gasteiger partial charge >= 0.3 is 0 Å². The van der Waals surface area contributed by atoms with Crippen LogP contribution in [0.4, 0.5) is 0 Å². The maximum absolute atomic E-state index is 11.7. The molecule has 1 aromatic heterocycles. The van der Waals surface area contributed by atoms with Crippen LogP contribution in [0.5, 0.6) is 0 Å². The molecule has 2 rings (SSSR count). The summed E-state index contributed by atoms with van der Waals surface area (Å²) < 4.78 is 1.75. The molecule has 0 unspecified atom stereocenters. The van der Waals surface area contributed by atoms with Crippen LogP contribution in [-0.4, -0.2) is 33.7 Å². The zero-order chi connectivity index (χ0) is 13.8. The number of aromatic nitrogens is 2. The minimum absolute atomic E-state index is 0.278. The number of amides is 1. The fourth-order valence-electron chi connectivity index (χ4n) is 2.80. The Balaban J connectivity index is 2.09. The third kappa shape index (κ3) is 3.13. The Morgan fingerprint density at radius 1 is 1.53 bits per heavy atom. The summed E-state index contributed by atoms with van der Waals surface area (Å²) in [7, 11) is 3.98. The van der Waals surface area contributed by atoms with Crippen LogP contribution < -0.4 is 11.3 Å². The van der Waals surface area contributed by atoms with Gasteiger partial charge in [0.05, 0.1) is 17.5 Å². The highest BCUT2D eigenvalue weighted by molar-refractivity contribution is 5.94. The number of nitrogens with one attached hydrogen (secondary N) is 1. The van der Waals surface area contributed by atoms with Gasteiger partial charge in [0.1, 0.15) is 0 Å². The van der Waals surface area contributed by atoms with Gasteiger partial charge in [-0.2, -0.15) is 5.10 Å². The summed E-state index contributed by atoms with van der Waals surface area (Å²) in [5.74, 6) is 4.93. The summed E-state index contributed by atoms with van der Waals surface area (Å²) in [5, 5.41) is 4.16. The van der Waals surface area contributed by atoms with E-state index in [0.29, 0.717) is 11.6 Å². The summed E-state index contributed by atoms with van der Waals surface area (Å²) in [6, 6.07) is 0.609. The van der Waals surface area contributed by atoms with E-state index in [0.717, 1.165) is 12.2 Å². The summed E-state index contributed by atoms with van der Waals surface area (Å²) in [6.07, 6.45) is 8.01. The molecule has 3 N–H and O–H groups in total. The van der Waals surface area contributed by atoms with E-state index in [1.165, 1.54) is 32.1 Å². The summed E-state index contributed by atoms with van der Waals surface area (Å²) in [5.41, 5.74) is 3.65. The molecule has 6 nitrogen and oxygen atoms in total. The fraction of sp³-hybridized carbons (Fsp3) is 0.692. The van der Waals surface area contributed by atoms with Gasteiger partial charge in [-0.1, -0.05) is 19.3 Å². The van der Waals surface area contributed by atoms with Gasteiger partial charge in [0.15, 0.2) is 0 Å². The molecule has 0 atom stereocenters. The second-order valence-corrected chi connectivity index (χ2v) is 5.31. The molecular formula is C13H23N5O. The number of nitrogen functional groups attached to an aromatic ring is 1. The van der Waals surface area contributed by atoms with Gasteiger partial charge in [-0.15, -0.1) is 0 Å². The monoisotopic (exact) mass is 265 g/mol. The normalized spacial score (nSPS) is 16.8. The quantitative estimate of drug-likeness (QED) is 0.479. The molecule has 1 fully saturated rings. The molecule has 6 heteroatoms. The number of hydrogen-bond donors (Lipinski definition) is 2. The first-order valence-electron chi connectivity index (χ1n) is 6.85. The van der Waals surface area contributed by atoms with Crippen LogP contribution in [0, 0.1) is 0 Å². The Kier molecular flexibility index (Phi) is 4.55. The molecule has 0 saturated heterocycles.